The van der Waals surface area contributed by atoms with E-state index in [4.69, 9.17) is 0 Å². The van der Waals surface area contributed by atoms with Gasteiger partial charge in [-0.3, -0.25) is 4.79 Å². The van der Waals surface area contributed by atoms with E-state index >= 15 is 0 Å². The highest BCUT2D eigenvalue weighted by Gasteiger charge is 2.50. The number of aliphatic hydroxyl groups is 1. The maximum Gasteiger partial charge on any atom is 0.226 e. The van der Waals surface area contributed by atoms with Gasteiger partial charge in [-0.15, -0.1) is 0 Å². The van der Waals surface area contributed by atoms with E-state index in [2.05, 4.69) is 4.90 Å². The SMILES string of the molecule is CN(C)CC1CC(O)CN1C(=O)C1CC2CC2C1. The second-order valence-electron chi connectivity index (χ2n) is 6.72. The number of carbonyl (C=O) groups is 1. The molecule has 0 bridgehead atoms. The monoisotopic (exact) mass is 252 g/mol. The van der Waals surface area contributed by atoms with Crippen molar-refractivity contribution >= 4 is 5.91 Å². The predicted molar refractivity (Wildman–Crippen MR) is 69.0 cm³/mol. The van der Waals surface area contributed by atoms with Gasteiger partial charge < -0.3 is 14.9 Å². The lowest BCUT2D eigenvalue weighted by molar-refractivity contribution is -0.137. The average molecular weight is 252 g/mol. The quantitative estimate of drug-likeness (QED) is 0.798. The third-order valence-electron chi connectivity index (χ3n) is 4.84. The second-order valence-corrected chi connectivity index (χ2v) is 6.72. The van der Waals surface area contributed by atoms with E-state index in [1.54, 1.807) is 0 Å². The van der Waals surface area contributed by atoms with Gasteiger partial charge in [0.1, 0.15) is 0 Å². The van der Waals surface area contributed by atoms with Gasteiger partial charge in [-0.2, -0.15) is 0 Å². The van der Waals surface area contributed by atoms with Crippen LogP contribution in [0.1, 0.15) is 25.7 Å². The first kappa shape index (κ1) is 12.4. The minimum absolute atomic E-state index is 0.208. The molecule has 0 spiro atoms. The van der Waals surface area contributed by atoms with Gasteiger partial charge >= 0.3 is 0 Å². The maximum absolute atomic E-state index is 12.5. The Morgan fingerprint density at radius 2 is 1.89 bits per heavy atom. The van der Waals surface area contributed by atoms with Crippen molar-refractivity contribution in [3.05, 3.63) is 0 Å². The summed E-state index contributed by atoms with van der Waals surface area (Å²) in [5, 5.41) is 9.82. The third kappa shape index (κ3) is 2.28. The molecule has 0 aromatic carbocycles. The van der Waals surface area contributed by atoms with E-state index in [-0.39, 0.29) is 18.1 Å². The molecule has 0 radical (unpaired) electrons. The molecule has 4 nitrogen and oxygen atoms in total. The molecule has 2 saturated carbocycles. The van der Waals surface area contributed by atoms with Crippen molar-refractivity contribution in [1.82, 2.24) is 9.80 Å². The summed E-state index contributed by atoms with van der Waals surface area (Å²) < 4.78 is 0. The van der Waals surface area contributed by atoms with Gasteiger partial charge in [0, 0.05) is 25.0 Å². The molecule has 3 rings (SSSR count). The van der Waals surface area contributed by atoms with Crippen LogP contribution in [0.25, 0.3) is 0 Å². The number of likely N-dealkylation sites (N-methyl/N-ethyl adjacent to an activating group) is 1. The molecule has 1 N–H and O–H groups in total. The molecule has 1 heterocycles. The van der Waals surface area contributed by atoms with E-state index in [1.807, 2.05) is 19.0 Å². The summed E-state index contributed by atoms with van der Waals surface area (Å²) in [4.78, 5) is 16.6. The normalized spacial score (nSPS) is 42.4. The number of nitrogens with zero attached hydrogens (tertiary/aromatic N) is 2. The smallest absolute Gasteiger partial charge is 0.226 e. The highest BCUT2D eigenvalue weighted by atomic mass is 16.3. The molecule has 4 atom stereocenters. The Bertz CT molecular complexity index is 335. The fourth-order valence-electron chi connectivity index (χ4n) is 3.91. The van der Waals surface area contributed by atoms with E-state index < -0.39 is 0 Å². The molecule has 1 saturated heterocycles. The lowest BCUT2D eigenvalue weighted by Crippen LogP contribution is -2.44. The second kappa shape index (κ2) is 4.49. The van der Waals surface area contributed by atoms with E-state index in [1.165, 1.54) is 6.42 Å². The Kier molecular flexibility index (Phi) is 3.10. The minimum Gasteiger partial charge on any atom is -0.391 e. The standard InChI is InChI=1S/C14H24N2O2/c1-15(2)7-12-6-13(17)8-16(12)14(18)11-4-9-3-10(9)5-11/h9-13,17H,3-8H2,1-2H3. The summed E-state index contributed by atoms with van der Waals surface area (Å²) in [5.41, 5.74) is 0. The first-order valence-electron chi connectivity index (χ1n) is 7.18. The van der Waals surface area contributed by atoms with Crippen LogP contribution in [-0.2, 0) is 4.79 Å². The summed E-state index contributed by atoms with van der Waals surface area (Å²) in [7, 11) is 4.05. The van der Waals surface area contributed by atoms with Crippen LogP contribution in [0.5, 0.6) is 0 Å². The van der Waals surface area contributed by atoms with Gasteiger partial charge in [0.2, 0.25) is 5.91 Å². The summed E-state index contributed by atoms with van der Waals surface area (Å²) in [6.45, 7) is 1.41. The van der Waals surface area contributed by atoms with E-state index in [9.17, 15) is 9.90 Å². The van der Waals surface area contributed by atoms with Crippen LogP contribution in [0.4, 0.5) is 0 Å². The topological polar surface area (TPSA) is 43.8 Å². The molecule has 3 fully saturated rings. The molecule has 1 amide bonds. The fourth-order valence-corrected chi connectivity index (χ4v) is 3.91. The first-order valence-corrected chi connectivity index (χ1v) is 7.18. The number of β-amino-alcohol motifs (C(OH)–C–C–N with tert-alkyl or cyclic N) is 1. The first-order chi connectivity index (χ1) is 8.54. The number of fused-ring (bicyclic) bond motifs is 1. The van der Waals surface area contributed by atoms with Gasteiger partial charge in [-0.25, -0.2) is 0 Å². The molecule has 4 heteroatoms. The van der Waals surface area contributed by atoms with Crippen LogP contribution in [0.2, 0.25) is 0 Å². The predicted octanol–water partition coefficient (Wildman–Crippen LogP) is 0.556. The van der Waals surface area contributed by atoms with Crippen LogP contribution in [-0.4, -0.2) is 60.1 Å². The van der Waals surface area contributed by atoms with Crippen LogP contribution in [0, 0.1) is 17.8 Å². The fraction of sp³-hybridized carbons (Fsp3) is 0.929. The molecule has 3 aliphatic rings. The number of aliphatic hydroxyl groups excluding tert-OH is 1. The molecule has 4 unspecified atom stereocenters. The molecule has 1 aliphatic heterocycles. The highest BCUT2D eigenvalue weighted by Crippen LogP contribution is 2.54. The molecule has 18 heavy (non-hydrogen) atoms. The van der Waals surface area contributed by atoms with Crippen LogP contribution < -0.4 is 0 Å². The van der Waals surface area contributed by atoms with Crippen molar-refractivity contribution < 1.29 is 9.90 Å². The zero-order valence-corrected chi connectivity index (χ0v) is 11.4. The Morgan fingerprint density at radius 3 is 2.50 bits per heavy atom. The van der Waals surface area contributed by atoms with Gasteiger partial charge in [-0.05, 0) is 51.6 Å². The molecule has 0 aromatic heterocycles. The van der Waals surface area contributed by atoms with Crippen molar-refractivity contribution in [2.75, 3.05) is 27.2 Å². The van der Waals surface area contributed by atoms with Crippen molar-refractivity contribution in [3.63, 3.8) is 0 Å². The number of amides is 1. The Labute approximate surface area is 109 Å². The zero-order chi connectivity index (χ0) is 12.9. The lowest BCUT2D eigenvalue weighted by atomic mass is 10.0. The third-order valence-corrected chi connectivity index (χ3v) is 4.84. The van der Waals surface area contributed by atoms with Gasteiger partial charge in [-0.1, -0.05) is 0 Å². The lowest BCUT2D eigenvalue weighted by Gasteiger charge is -2.29. The number of rotatable bonds is 3. The van der Waals surface area contributed by atoms with Crippen LogP contribution in [0.3, 0.4) is 0 Å². The molecule has 102 valence electrons. The summed E-state index contributed by atoms with van der Waals surface area (Å²) in [6, 6.07) is 0.208. The number of hydrogen-bond acceptors (Lipinski definition) is 3. The average Bonchev–Trinajstić information content (AvgIpc) is 2.73. The van der Waals surface area contributed by atoms with Gasteiger partial charge in [0.05, 0.1) is 6.10 Å². The Morgan fingerprint density at radius 1 is 1.22 bits per heavy atom. The minimum atomic E-state index is -0.324. The summed E-state index contributed by atoms with van der Waals surface area (Å²) in [5.74, 6) is 2.26. The van der Waals surface area contributed by atoms with Crippen LogP contribution >= 0.6 is 0 Å². The number of hydrogen-bond donors (Lipinski definition) is 1. The van der Waals surface area contributed by atoms with Gasteiger partial charge in [0.25, 0.3) is 0 Å². The largest absolute Gasteiger partial charge is 0.391 e. The summed E-state index contributed by atoms with van der Waals surface area (Å²) >= 11 is 0. The Hall–Kier alpha value is -0.610. The summed E-state index contributed by atoms with van der Waals surface area (Å²) in [6.07, 6.45) is 3.97. The number of likely N-dealkylation sites (tertiary alicyclic amines) is 1. The zero-order valence-electron chi connectivity index (χ0n) is 11.4. The molecule has 0 aromatic rings. The van der Waals surface area contributed by atoms with Crippen molar-refractivity contribution in [1.29, 1.82) is 0 Å². The molecular formula is C14H24N2O2. The maximum atomic E-state index is 12.5. The van der Waals surface area contributed by atoms with Crippen molar-refractivity contribution in [2.45, 2.75) is 37.8 Å². The Balaban J connectivity index is 1.63. The van der Waals surface area contributed by atoms with Crippen molar-refractivity contribution in [2.24, 2.45) is 17.8 Å². The molecule has 2 aliphatic carbocycles. The van der Waals surface area contributed by atoms with Crippen LogP contribution in [0.15, 0.2) is 0 Å². The van der Waals surface area contributed by atoms with E-state index in [0.717, 1.165) is 37.6 Å². The van der Waals surface area contributed by atoms with Gasteiger partial charge in [0.15, 0.2) is 0 Å². The van der Waals surface area contributed by atoms with E-state index in [0.29, 0.717) is 12.5 Å². The number of carbonyl (C=O) groups excluding carboxylic acids is 1. The van der Waals surface area contributed by atoms with Crippen molar-refractivity contribution in [3.8, 4) is 0 Å². The highest BCUT2D eigenvalue weighted by molar-refractivity contribution is 5.80. The molecular weight excluding hydrogens is 228 g/mol.